The number of ether oxygens (including phenoxy) is 1. The Balaban J connectivity index is 2.53. The van der Waals surface area contributed by atoms with Gasteiger partial charge in [-0.05, 0) is 13.0 Å². The zero-order chi connectivity index (χ0) is 7.68. The molecule has 11 heavy (non-hydrogen) atoms. The van der Waals surface area contributed by atoms with E-state index in [4.69, 9.17) is 4.74 Å². The fraction of sp³-hybridized carbons (Fsp3) is 0.222. The predicted molar refractivity (Wildman–Crippen MR) is 44.1 cm³/mol. The van der Waals surface area contributed by atoms with Crippen LogP contribution in [0.15, 0.2) is 23.2 Å². The van der Waals surface area contributed by atoms with Crippen molar-refractivity contribution in [2.45, 2.75) is 13.5 Å². The van der Waals surface area contributed by atoms with Gasteiger partial charge in [0, 0.05) is 5.56 Å². The van der Waals surface area contributed by atoms with Crippen LogP contribution in [0.4, 0.5) is 5.69 Å². The van der Waals surface area contributed by atoms with Gasteiger partial charge in [0.2, 0.25) is 0 Å². The molecule has 0 saturated heterocycles. The first kappa shape index (κ1) is 6.40. The van der Waals surface area contributed by atoms with Gasteiger partial charge in [-0.1, -0.05) is 17.7 Å². The Morgan fingerprint density at radius 1 is 1.45 bits per heavy atom. The monoisotopic (exact) mass is 147 g/mol. The van der Waals surface area contributed by atoms with E-state index in [-0.39, 0.29) is 0 Å². The number of aliphatic imine (C=N–C) groups is 1. The molecular weight excluding hydrogens is 138 g/mol. The van der Waals surface area contributed by atoms with E-state index in [2.05, 4.69) is 24.0 Å². The molecule has 0 unspecified atom stereocenters. The molecule has 0 amide bonds. The third-order valence-corrected chi connectivity index (χ3v) is 1.74. The van der Waals surface area contributed by atoms with E-state index in [1.165, 1.54) is 17.5 Å². The fourth-order valence-corrected chi connectivity index (χ4v) is 1.18. The molecule has 0 radical (unpaired) electrons. The summed E-state index contributed by atoms with van der Waals surface area (Å²) in [5, 5.41) is 0. The van der Waals surface area contributed by atoms with Crippen LogP contribution >= 0.6 is 0 Å². The Kier molecular flexibility index (Phi) is 1.39. The van der Waals surface area contributed by atoms with Crippen LogP contribution in [0.25, 0.3) is 0 Å². The van der Waals surface area contributed by atoms with Crippen molar-refractivity contribution >= 4 is 12.1 Å². The zero-order valence-corrected chi connectivity index (χ0v) is 6.37. The summed E-state index contributed by atoms with van der Waals surface area (Å²) < 4.78 is 5.06. The van der Waals surface area contributed by atoms with E-state index in [0.717, 1.165) is 5.69 Å². The Hall–Kier alpha value is -1.31. The fourth-order valence-electron chi connectivity index (χ4n) is 1.18. The Labute approximate surface area is 65.5 Å². The minimum Gasteiger partial charge on any atom is -0.478 e. The first-order valence-electron chi connectivity index (χ1n) is 3.60. The number of aryl methyl sites for hydroxylation is 1. The molecule has 1 heterocycles. The third-order valence-electron chi connectivity index (χ3n) is 1.74. The summed E-state index contributed by atoms with van der Waals surface area (Å²) in [6.45, 7) is 2.72. The van der Waals surface area contributed by atoms with Crippen molar-refractivity contribution in [3.05, 3.63) is 29.3 Å². The van der Waals surface area contributed by atoms with Gasteiger partial charge in [0.05, 0.1) is 5.69 Å². The summed E-state index contributed by atoms with van der Waals surface area (Å²) in [5.74, 6) is 0. The average Bonchev–Trinajstić information content (AvgIpc) is 2.04. The van der Waals surface area contributed by atoms with Crippen LogP contribution in [0.5, 0.6) is 0 Å². The van der Waals surface area contributed by atoms with Crippen molar-refractivity contribution < 1.29 is 4.74 Å². The smallest absolute Gasteiger partial charge is 0.175 e. The molecule has 0 spiro atoms. The van der Waals surface area contributed by atoms with Gasteiger partial charge in [-0.15, -0.1) is 0 Å². The summed E-state index contributed by atoms with van der Waals surface area (Å²) in [5.41, 5.74) is 3.46. The molecule has 0 saturated carbocycles. The number of hydrogen-bond acceptors (Lipinski definition) is 2. The molecule has 0 bridgehead atoms. The Morgan fingerprint density at radius 3 is 3.27 bits per heavy atom. The summed E-state index contributed by atoms with van der Waals surface area (Å²) in [6, 6.07) is 6.18. The average molecular weight is 147 g/mol. The topological polar surface area (TPSA) is 21.6 Å². The molecule has 0 fully saturated rings. The summed E-state index contributed by atoms with van der Waals surface area (Å²) >= 11 is 0. The standard InChI is InChI=1S/C9H9NO/c1-7-2-3-9-8(4-7)5-11-6-10-9/h2-4,6H,5H2,1H3. The van der Waals surface area contributed by atoms with Crippen LogP contribution in [0.1, 0.15) is 11.1 Å². The van der Waals surface area contributed by atoms with Crippen molar-refractivity contribution in [3.8, 4) is 0 Å². The van der Waals surface area contributed by atoms with Crippen molar-refractivity contribution in [1.82, 2.24) is 0 Å². The molecular formula is C9H9NO. The van der Waals surface area contributed by atoms with Gasteiger partial charge in [-0.2, -0.15) is 0 Å². The summed E-state index contributed by atoms with van der Waals surface area (Å²) in [7, 11) is 0. The lowest BCUT2D eigenvalue weighted by atomic mass is 10.1. The minimum absolute atomic E-state index is 0.653. The maximum Gasteiger partial charge on any atom is 0.175 e. The summed E-state index contributed by atoms with van der Waals surface area (Å²) in [4.78, 5) is 4.09. The second-order valence-corrected chi connectivity index (χ2v) is 2.68. The predicted octanol–water partition coefficient (Wildman–Crippen LogP) is 2.19. The molecule has 0 N–H and O–H groups in total. The Morgan fingerprint density at radius 2 is 2.36 bits per heavy atom. The van der Waals surface area contributed by atoms with Gasteiger partial charge in [0.1, 0.15) is 6.61 Å². The van der Waals surface area contributed by atoms with Crippen LogP contribution in [-0.2, 0) is 11.3 Å². The second-order valence-electron chi connectivity index (χ2n) is 2.68. The molecule has 2 nitrogen and oxygen atoms in total. The number of hydrogen-bond donors (Lipinski definition) is 0. The highest BCUT2D eigenvalue weighted by Gasteiger charge is 2.04. The lowest BCUT2D eigenvalue weighted by Gasteiger charge is -2.10. The van der Waals surface area contributed by atoms with Crippen LogP contribution in [0.3, 0.4) is 0 Å². The van der Waals surface area contributed by atoms with E-state index in [1.54, 1.807) is 0 Å². The lowest BCUT2D eigenvalue weighted by Crippen LogP contribution is -1.96. The lowest BCUT2D eigenvalue weighted by molar-refractivity contribution is 0.303. The maximum absolute atomic E-state index is 5.06. The van der Waals surface area contributed by atoms with Crippen molar-refractivity contribution in [2.24, 2.45) is 4.99 Å². The quantitative estimate of drug-likeness (QED) is 0.551. The molecule has 0 atom stereocenters. The van der Waals surface area contributed by atoms with Crippen LogP contribution in [0, 0.1) is 6.92 Å². The first-order chi connectivity index (χ1) is 5.36. The minimum atomic E-state index is 0.653. The molecule has 56 valence electrons. The summed E-state index contributed by atoms with van der Waals surface area (Å²) in [6.07, 6.45) is 1.50. The normalized spacial score (nSPS) is 13.9. The second kappa shape index (κ2) is 2.38. The van der Waals surface area contributed by atoms with Gasteiger partial charge < -0.3 is 4.74 Å². The molecule has 1 aliphatic rings. The molecule has 1 aliphatic heterocycles. The van der Waals surface area contributed by atoms with Gasteiger partial charge in [-0.3, -0.25) is 0 Å². The molecule has 2 heteroatoms. The van der Waals surface area contributed by atoms with Crippen molar-refractivity contribution in [2.75, 3.05) is 0 Å². The van der Waals surface area contributed by atoms with E-state index in [9.17, 15) is 0 Å². The number of fused-ring (bicyclic) bond motifs is 1. The number of nitrogens with zero attached hydrogens (tertiary/aromatic N) is 1. The highest BCUT2D eigenvalue weighted by atomic mass is 16.5. The number of benzene rings is 1. The van der Waals surface area contributed by atoms with Crippen LogP contribution in [0.2, 0.25) is 0 Å². The SMILES string of the molecule is Cc1ccc2c(c1)COC=N2. The highest BCUT2D eigenvalue weighted by Crippen LogP contribution is 2.23. The Bertz CT molecular complexity index is 304. The molecule has 0 aromatic heterocycles. The van der Waals surface area contributed by atoms with Crippen LogP contribution in [-0.4, -0.2) is 6.40 Å². The zero-order valence-electron chi connectivity index (χ0n) is 6.37. The maximum atomic E-state index is 5.06. The molecule has 1 aromatic carbocycles. The van der Waals surface area contributed by atoms with E-state index >= 15 is 0 Å². The molecule has 1 aromatic rings. The van der Waals surface area contributed by atoms with Crippen LogP contribution < -0.4 is 0 Å². The van der Waals surface area contributed by atoms with Crippen molar-refractivity contribution in [1.29, 1.82) is 0 Å². The largest absolute Gasteiger partial charge is 0.478 e. The van der Waals surface area contributed by atoms with Gasteiger partial charge in [0.15, 0.2) is 6.40 Å². The first-order valence-corrected chi connectivity index (χ1v) is 3.60. The molecule has 0 aliphatic carbocycles. The van der Waals surface area contributed by atoms with E-state index < -0.39 is 0 Å². The number of rotatable bonds is 0. The van der Waals surface area contributed by atoms with E-state index in [0.29, 0.717) is 6.61 Å². The van der Waals surface area contributed by atoms with Gasteiger partial charge in [0.25, 0.3) is 0 Å². The van der Waals surface area contributed by atoms with Crippen molar-refractivity contribution in [3.63, 3.8) is 0 Å². The third kappa shape index (κ3) is 1.11. The van der Waals surface area contributed by atoms with E-state index in [1.807, 2.05) is 6.07 Å². The molecule has 2 rings (SSSR count). The van der Waals surface area contributed by atoms with Gasteiger partial charge in [-0.25, -0.2) is 4.99 Å². The highest BCUT2D eigenvalue weighted by molar-refractivity contribution is 5.61. The van der Waals surface area contributed by atoms with Gasteiger partial charge >= 0.3 is 0 Å².